The smallest absolute Gasteiger partial charge is 0.163 e. The first-order chi connectivity index (χ1) is 11.6. The maximum absolute atomic E-state index is 12.8. The molecular weight excluding hydrogens is 316 g/mol. The predicted molar refractivity (Wildman–Crippen MR) is 102 cm³/mol. The molecular formula is C22H31ClO. The first kappa shape index (κ1) is 18.0. The van der Waals surface area contributed by atoms with Crippen molar-refractivity contribution in [2.24, 2.45) is 10.8 Å². The van der Waals surface area contributed by atoms with E-state index in [1.807, 2.05) is 12.1 Å². The number of benzene rings is 1. The van der Waals surface area contributed by atoms with Crippen LogP contribution in [-0.4, -0.2) is 11.7 Å². The Morgan fingerprint density at radius 3 is 2.12 bits per heavy atom. The Kier molecular flexibility index (Phi) is 5.70. The number of rotatable bonds is 8. The van der Waals surface area contributed by atoms with Crippen LogP contribution in [0, 0.1) is 10.8 Å². The Bertz CT molecular complexity index is 535. The highest BCUT2D eigenvalue weighted by atomic mass is 35.5. The summed E-state index contributed by atoms with van der Waals surface area (Å²) in [5, 5.41) is 0. The highest BCUT2D eigenvalue weighted by Gasteiger charge is 2.48. The van der Waals surface area contributed by atoms with Gasteiger partial charge in [-0.3, -0.25) is 4.79 Å². The fourth-order valence-corrected chi connectivity index (χ4v) is 5.15. The lowest BCUT2D eigenvalue weighted by Crippen LogP contribution is -2.42. The molecule has 24 heavy (non-hydrogen) atoms. The van der Waals surface area contributed by atoms with Crippen molar-refractivity contribution in [1.82, 2.24) is 0 Å². The van der Waals surface area contributed by atoms with Crippen molar-refractivity contribution in [3.63, 3.8) is 0 Å². The van der Waals surface area contributed by atoms with Crippen LogP contribution in [0.5, 0.6) is 0 Å². The van der Waals surface area contributed by atoms with Crippen LogP contribution in [0.3, 0.4) is 0 Å². The van der Waals surface area contributed by atoms with E-state index in [9.17, 15) is 4.79 Å². The van der Waals surface area contributed by atoms with Crippen molar-refractivity contribution in [3.05, 3.63) is 35.4 Å². The molecule has 4 rings (SSSR count). The Balaban J connectivity index is 1.59. The lowest BCUT2D eigenvalue weighted by atomic mass is 9.51. The average molecular weight is 347 g/mol. The quantitative estimate of drug-likeness (QED) is 0.384. The number of hydrogen-bond acceptors (Lipinski definition) is 1. The summed E-state index contributed by atoms with van der Waals surface area (Å²) in [7, 11) is 0. The Morgan fingerprint density at radius 1 is 1.00 bits per heavy atom. The summed E-state index contributed by atoms with van der Waals surface area (Å²) >= 11 is 5.90. The Labute approximate surface area is 152 Å². The van der Waals surface area contributed by atoms with Crippen LogP contribution in [0.15, 0.2) is 24.3 Å². The van der Waals surface area contributed by atoms with Crippen LogP contribution >= 0.6 is 11.6 Å². The molecule has 0 aliphatic heterocycles. The SMILES string of the molecule is CCCc1ccc(C(=O)CC23CCC(CCCCl)(CC2)CC3)cc1. The van der Waals surface area contributed by atoms with Crippen molar-refractivity contribution < 1.29 is 4.79 Å². The van der Waals surface area contributed by atoms with E-state index < -0.39 is 0 Å². The second kappa shape index (κ2) is 7.60. The molecule has 0 amide bonds. The third-order valence-corrected chi connectivity index (χ3v) is 7.02. The standard InChI is InChI=1S/C22H31ClO/c1-2-4-18-5-7-19(8-6-18)20(24)17-22-13-10-21(11-14-22,12-15-22)9-3-16-23/h5-8H,2-4,9-17H2,1H3. The van der Waals surface area contributed by atoms with Crippen LogP contribution < -0.4 is 0 Å². The van der Waals surface area contributed by atoms with Crippen LogP contribution in [0.2, 0.25) is 0 Å². The summed E-state index contributed by atoms with van der Waals surface area (Å²) < 4.78 is 0. The number of hydrogen-bond donors (Lipinski definition) is 0. The zero-order valence-corrected chi connectivity index (χ0v) is 15.8. The van der Waals surface area contributed by atoms with Crippen LogP contribution in [0.4, 0.5) is 0 Å². The third-order valence-electron chi connectivity index (χ3n) is 6.75. The minimum Gasteiger partial charge on any atom is -0.294 e. The molecule has 0 radical (unpaired) electrons. The molecule has 1 aromatic rings. The first-order valence-corrected chi connectivity index (χ1v) is 10.3. The number of halogens is 1. The van der Waals surface area contributed by atoms with E-state index in [2.05, 4.69) is 19.1 Å². The van der Waals surface area contributed by atoms with E-state index in [1.165, 1.54) is 50.5 Å². The minimum absolute atomic E-state index is 0.294. The molecule has 0 spiro atoms. The molecule has 2 heteroatoms. The molecule has 1 nitrogen and oxygen atoms in total. The number of ketones is 1. The lowest BCUT2D eigenvalue weighted by molar-refractivity contribution is -0.0161. The number of carbonyl (C=O) groups excluding carboxylic acids is 1. The molecule has 3 aliphatic carbocycles. The zero-order valence-electron chi connectivity index (χ0n) is 15.1. The van der Waals surface area contributed by atoms with E-state index >= 15 is 0 Å². The second-order valence-corrected chi connectivity index (χ2v) is 8.72. The highest BCUT2D eigenvalue weighted by Crippen LogP contribution is 2.60. The second-order valence-electron chi connectivity index (χ2n) is 8.34. The number of fused-ring (bicyclic) bond motifs is 3. The molecule has 3 saturated carbocycles. The molecule has 0 heterocycles. The molecule has 3 aliphatic rings. The monoisotopic (exact) mass is 346 g/mol. The predicted octanol–water partition coefficient (Wildman–Crippen LogP) is 6.57. The van der Waals surface area contributed by atoms with Gasteiger partial charge >= 0.3 is 0 Å². The summed E-state index contributed by atoms with van der Waals surface area (Å²) in [6.07, 6.45) is 13.1. The largest absolute Gasteiger partial charge is 0.294 e. The Hall–Kier alpha value is -0.820. The zero-order chi connectivity index (χ0) is 17.0. The summed E-state index contributed by atoms with van der Waals surface area (Å²) in [6.45, 7) is 2.19. The number of alkyl halides is 1. The van der Waals surface area contributed by atoms with Gasteiger partial charge in [0.1, 0.15) is 0 Å². The molecule has 0 saturated heterocycles. The molecule has 0 unspecified atom stereocenters. The van der Waals surface area contributed by atoms with Crippen molar-refractivity contribution >= 4 is 17.4 Å². The van der Waals surface area contributed by atoms with Gasteiger partial charge in [-0.05, 0) is 74.2 Å². The van der Waals surface area contributed by atoms with Crippen molar-refractivity contribution in [3.8, 4) is 0 Å². The van der Waals surface area contributed by atoms with Crippen molar-refractivity contribution in [2.45, 2.75) is 77.6 Å². The average Bonchev–Trinajstić information content (AvgIpc) is 2.62. The van der Waals surface area contributed by atoms with Crippen LogP contribution in [0.1, 0.15) is 87.1 Å². The highest BCUT2D eigenvalue weighted by molar-refractivity contribution is 6.17. The summed E-state index contributed by atoms with van der Waals surface area (Å²) in [5.41, 5.74) is 3.10. The normalized spacial score (nSPS) is 28.9. The van der Waals surface area contributed by atoms with Crippen LogP contribution in [-0.2, 0) is 6.42 Å². The maximum atomic E-state index is 12.8. The van der Waals surface area contributed by atoms with Crippen molar-refractivity contribution in [2.75, 3.05) is 5.88 Å². The number of aryl methyl sites for hydroxylation is 1. The first-order valence-electron chi connectivity index (χ1n) is 9.79. The van der Waals surface area contributed by atoms with Gasteiger partial charge in [0.15, 0.2) is 5.78 Å². The van der Waals surface area contributed by atoms with Gasteiger partial charge in [-0.1, -0.05) is 37.6 Å². The third kappa shape index (κ3) is 3.87. The van der Waals surface area contributed by atoms with Gasteiger partial charge in [-0.15, -0.1) is 11.6 Å². The van der Waals surface area contributed by atoms with Gasteiger partial charge in [0.25, 0.3) is 0 Å². The molecule has 1 aromatic carbocycles. The number of Topliss-reactive ketones (excluding diaryl/α,β-unsaturated/α-hetero) is 1. The van der Waals surface area contributed by atoms with E-state index in [1.54, 1.807) is 0 Å². The van der Waals surface area contributed by atoms with Gasteiger partial charge in [0, 0.05) is 17.9 Å². The lowest BCUT2D eigenvalue weighted by Gasteiger charge is -2.53. The van der Waals surface area contributed by atoms with E-state index in [0.717, 1.165) is 37.1 Å². The molecule has 2 bridgehead atoms. The summed E-state index contributed by atoms with van der Waals surface area (Å²) in [4.78, 5) is 12.8. The van der Waals surface area contributed by atoms with E-state index in [0.29, 0.717) is 16.6 Å². The maximum Gasteiger partial charge on any atom is 0.163 e. The van der Waals surface area contributed by atoms with Gasteiger partial charge in [-0.2, -0.15) is 0 Å². The Morgan fingerprint density at radius 2 is 1.58 bits per heavy atom. The van der Waals surface area contributed by atoms with Gasteiger partial charge < -0.3 is 0 Å². The topological polar surface area (TPSA) is 17.1 Å². The number of carbonyl (C=O) groups is 1. The summed E-state index contributed by atoms with van der Waals surface area (Å²) in [5.74, 6) is 1.15. The van der Waals surface area contributed by atoms with E-state index in [-0.39, 0.29) is 0 Å². The molecule has 3 fully saturated rings. The summed E-state index contributed by atoms with van der Waals surface area (Å²) in [6, 6.07) is 8.35. The molecule has 132 valence electrons. The molecule has 0 atom stereocenters. The fourth-order valence-electron chi connectivity index (χ4n) is 5.01. The van der Waals surface area contributed by atoms with Crippen molar-refractivity contribution in [1.29, 1.82) is 0 Å². The van der Waals surface area contributed by atoms with Gasteiger partial charge in [0.2, 0.25) is 0 Å². The van der Waals surface area contributed by atoms with Gasteiger partial charge in [-0.25, -0.2) is 0 Å². The van der Waals surface area contributed by atoms with Crippen LogP contribution in [0.25, 0.3) is 0 Å². The fraction of sp³-hybridized carbons (Fsp3) is 0.682. The van der Waals surface area contributed by atoms with E-state index in [4.69, 9.17) is 11.6 Å². The minimum atomic E-state index is 0.294. The molecule has 0 aromatic heterocycles. The molecule has 0 N–H and O–H groups in total. The van der Waals surface area contributed by atoms with Gasteiger partial charge in [0.05, 0.1) is 0 Å².